The minimum Gasteiger partial charge on any atom is -0.325 e. The minimum absolute atomic E-state index is 0.0297. The highest BCUT2D eigenvalue weighted by atomic mass is 35.5. The molecule has 0 saturated carbocycles. The molecule has 0 aliphatic rings. The average molecular weight is 307 g/mol. The maximum Gasteiger partial charge on any atom is 0.354 e. The molecule has 0 bridgehead atoms. The maximum atomic E-state index is 11.8. The van der Waals surface area contributed by atoms with E-state index in [0.717, 1.165) is 10.7 Å². The van der Waals surface area contributed by atoms with Crippen LogP contribution < -0.4 is 10.9 Å². The van der Waals surface area contributed by atoms with Gasteiger partial charge in [-0.25, -0.2) is 4.98 Å². The Hall–Kier alpha value is -2.94. The van der Waals surface area contributed by atoms with Crippen molar-refractivity contribution in [3.8, 4) is 0 Å². The summed E-state index contributed by atoms with van der Waals surface area (Å²) in [5.74, 6) is 0.254. The van der Waals surface area contributed by atoms with Gasteiger partial charge in [-0.3, -0.25) is 20.0 Å². The fourth-order valence-corrected chi connectivity index (χ4v) is 1.82. The van der Waals surface area contributed by atoms with Crippen LogP contribution in [0.3, 0.4) is 0 Å². The highest BCUT2D eigenvalue weighted by molar-refractivity contribution is 6.30. The first-order valence-electron chi connectivity index (χ1n) is 5.69. The molecular weight excluding hydrogens is 300 g/mol. The fraction of sp³-hybridized carbons (Fsp3) is 0. The van der Waals surface area contributed by atoms with E-state index in [1.54, 1.807) is 24.3 Å². The number of hydrogen-bond donors (Lipinski definition) is 2. The summed E-state index contributed by atoms with van der Waals surface area (Å²) < 4.78 is 0.899. The fourth-order valence-electron chi connectivity index (χ4n) is 1.70. The molecule has 0 saturated heterocycles. The zero-order valence-corrected chi connectivity index (χ0v) is 11.0. The summed E-state index contributed by atoms with van der Waals surface area (Å²) in [5.41, 5.74) is -0.781. The molecule has 0 atom stereocenters. The van der Waals surface area contributed by atoms with Gasteiger partial charge in [0.05, 0.1) is 4.92 Å². The van der Waals surface area contributed by atoms with Gasteiger partial charge in [0, 0.05) is 10.7 Å². The van der Waals surface area contributed by atoms with Crippen molar-refractivity contribution in [3.05, 3.63) is 56.0 Å². The summed E-state index contributed by atoms with van der Waals surface area (Å²) in [6, 6.07) is 6.80. The molecule has 0 aliphatic heterocycles. The van der Waals surface area contributed by atoms with Crippen molar-refractivity contribution < 1.29 is 4.92 Å². The molecule has 2 aromatic heterocycles. The van der Waals surface area contributed by atoms with Crippen molar-refractivity contribution in [2.24, 2.45) is 0 Å². The number of nitrogens with zero attached hydrogens (tertiary/aromatic N) is 4. The van der Waals surface area contributed by atoms with Crippen LogP contribution in [0.25, 0.3) is 5.78 Å². The summed E-state index contributed by atoms with van der Waals surface area (Å²) in [4.78, 5) is 29.5. The molecule has 21 heavy (non-hydrogen) atoms. The van der Waals surface area contributed by atoms with Gasteiger partial charge in [0.2, 0.25) is 5.95 Å². The van der Waals surface area contributed by atoms with Crippen molar-refractivity contribution in [2.45, 2.75) is 0 Å². The summed E-state index contributed by atoms with van der Waals surface area (Å²) in [5, 5.41) is 16.8. The molecule has 9 nitrogen and oxygen atoms in total. The summed E-state index contributed by atoms with van der Waals surface area (Å²) in [6.07, 6.45) is 0.880. The van der Waals surface area contributed by atoms with Gasteiger partial charge < -0.3 is 5.32 Å². The normalized spacial score (nSPS) is 10.7. The molecule has 0 radical (unpaired) electrons. The lowest BCUT2D eigenvalue weighted by molar-refractivity contribution is -0.386. The molecule has 0 aliphatic carbocycles. The van der Waals surface area contributed by atoms with E-state index >= 15 is 0 Å². The maximum absolute atomic E-state index is 11.8. The van der Waals surface area contributed by atoms with E-state index in [-0.39, 0.29) is 11.7 Å². The monoisotopic (exact) mass is 306 g/mol. The Labute approximate surface area is 121 Å². The molecule has 0 amide bonds. The van der Waals surface area contributed by atoms with Gasteiger partial charge in [-0.1, -0.05) is 11.6 Å². The number of aromatic amines is 1. The third kappa shape index (κ3) is 2.41. The topological polar surface area (TPSA) is 118 Å². The quantitative estimate of drug-likeness (QED) is 0.562. The molecule has 1 aromatic carbocycles. The number of anilines is 2. The van der Waals surface area contributed by atoms with Crippen LogP contribution >= 0.6 is 11.6 Å². The van der Waals surface area contributed by atoms with Crippen molar-refractivity contribution in [1.82, 2.24) is 19.6 Å². The number of nitrogens with one attached hydrogen (secondary N) is 2. The third-order valence-electron chi connectivity index (χ3n) is 2.66. The number of hydrogen-bond acceptors (Lipinski definition) is 6. The van der Waals surface area contributed by atoms with Gasteiger partial charge in [0.25, 0.3) is 5.78 Å². The van der Waals surface area contributed by atoms with Crippen LogP contribution in [0, 0.1) is 10.1 Å². The Morgan fingerprint density at radius 2 is 2.05 bits per heavy atom. The van der Waals surface area contributed by atoms with Crippen LogP contribution in [0.15, 0.2) is 35.3 Å². The highest BCUT2D eigenvalue weighted by Gasteiger charge is 2.17. The standard InChI is InChI=1S/C11H7ClN6O3/c12-6-1-3-7(4-2-6)14-10-15-11-13-5-8(18(20)21)9(19)17(11)16-10/h1-5H,(H2,13,14,15,16). The second kappa shape index (κ2) is 4.87. The van der Waals surface area contributed by atoms with Gasteiger partial charge in [-0.05, 0) is 24.3 Å². The Balaban J connectivity index is 2.01. The molecule has 2 heterocycles. The van der Waals surface area contributed by atoms with E-state index in [9.17, 15) is 14.9 Å². The predicted octanol–water partition coefficient (Wildman–Crippen LogP) is 1.72. The SMILES string of the molecule is O=c1c([N+](=O)[O-])cnc2nc(Nc3ccc(Cl)cc3)[nH]n12. The largest absolute Gasteiger partial charge is 0.354 e. The van der Waals surface area contributed by atoms with E-state index in [1.165, 1.54) is 0 Å². The third-order valence-corrected chi connectivity index (χ3v) is 2.91. The lowest BCUT2D eigenvalue weighted by atomic mass is 10.3. The second-order valence-corrected chi connectivity index (χ2v) is 4.48. The van der Waals surface area contributed by atoms with Gasteiger partial charge in [0.1, 0.15) is 6.20 Å². The minimum atomic E-state index is -0.832. The molecule has 3 rings (SSSR count). The van der Waals surface area contributed by atoms with Crippen LogP contribution in [0.4, 0.5) is 17.3 Å². The number of aromatic nitrogens is 4. The molecule has 3 aromatic rings. The van der Waals surface area contributed by atoms with E-state index < -0.39 is 16.2 Å². The number of rotatable bonds is 3. The Kier molecular flexibility index (Phi) is 3.03. The van der Waals surface area contributed by atoms with Gasteiger partial charge in [-0.15, -0.1) is 0 Å². The molecule has 106 valence electrons. The number of halogens is 1. The predicted molar refractivity (Wildman–Crippen MR) is 75.0 cm³/mol. The van der Waals surface area contributed by atoms with Crippen molar-refractivity contribution in [2.75, 3.05) is 5.32 Å². The Morgan fingerprint density at radius 3 is 2.71 bits per heavy atom. The van der Waals surface area contributed by atoms with Crippen molar-refractivity contribution in [3.63, 3.8) is 0 Å². The summed E-state index contributed by atoms with van der Waals surface area (Å²) >= 11 is 5.78. The number of nitro groups is 1. The lowest BCUT2D eigenvalue weighted by Crippen LogP contribution is -2.18. The van der Waals surface area contributed by atoms with E-state index in [1.807, 2.05) is 0 Å². The van der Waals surface area contributed by atoms with Gasteiger partial charge in [-0.2, -0.15) is 9.50 Å². The van der Waals surface area contributed by atoms with Crippen molar-refractivity contribution >= 4 is 34.7 Å². The first-order valence-corrected chi connectivity index (χ1v) is 6.07. The molecule has 0 spiro atoms. The van der Waals surface area contributed by atoms with Crippen LogP contribution in [-0.4, -0.2) is 24.5 Å². The lowest BCUT2D eigenvalue weighted by Gasteiger charge is -2.01. The summed E-state index contributed by atoms with van der Waals surface area (Å²) in [6.45, 7) is 0. The van der Waals surface area contributed by atoms with Crippen LogP contribution in [0.2, 0.25) is 5.02 Å². The number of fused-ring (bicyclic) bond motifs is 1. The zero-order valence-electron chi connectivity index (χ0n) is 10.3. The average Bonchev–Trinajstić information content (AvgIpc) is 2.85. The first kappa shape index (κ1) is 13.1. The van der Waals surface area contributed by atoms with Gasteiger partial charge in [0.15, 0.2) is 0 Å². The van der Waals surface area contributed by atoms with E-state index in [0.29, 0.717) is 10.7 Å². The highest BCUT2D eigenvalue weighted by Crippen LogP contribution is 2.16. The number of benzene rings is 1. The van der Waals surface area contributed by atoms with Gasteiger partial charge >= 0.3 is 11.2 Å². The molecular formula is C11H7ClN6O3. The second-order valence-electron chi connectivity index (χ2n) is 4.05. The molecule has 0 unspecified atom stereocenters. The molecule has 0 fully saturated rings. The van der Waals surface area contributed by atoms with E-state index in [4.69, 9.17) is 11.6 Å². The van der Waals surface area contributed by atoms with Crippen LogP contribution in [0.5, 0.6) is 0 Å². The van der Waals surface area contributed by atoms with Crippen LogP contribution in [-0.2, 0) is 0 Å². The van der Waals surface area contributed by atoms with Crippen molar-refractivity contribution in [1.29, 1.82) is 0 Å². The van der Waals surface area contributed by atoms with Crippen LogP contribution in [0.1, 0.15) is 0 Å². The number of H-pyrrole nitrogens is 1. The molecule has 10 heteroatoms. The molecule has 2 N–H and O–H groups in total. The Morgan fingerprint density at radius 1 is 1.33 bits per heavy atom. The Bertz CT molecular complexity index is 885. The van der Waals surface area contributed by atoms with E-state index in [2.05, 4.69) is 20.4 Å². The summed E-state index contributed by atoms with van der Waals surface area (Å²) in [7, 11) is 0. The zero-order chi connectivity index (χ0) is 15.0. The first-order chi connectivity index (χ1) is 10.0. The smallest absolute Gasteiger partial charge is 0.325 e.